The predicted octanol–water partition coefficient (Wildman–Crippen LogP) is 3.31. The van der Waals surface area contributed by atoms with Crippen LogP contribution in [0.25, 0.3) is 10.9 Å². The molecule has 1 aromatic heterocycles. The number of aromatic nitrogens is 1. The first-order valence-corrected chi connectivity index (χ1v) is 5.33. The number of nitrogens with zero attached hydrogens (tertiary/aromatic N) is 1. The quantitative estimate of drug-likeness (QED) is 0.746. The molecule has 0 radical (unpaired) electrons. The van der Waals surface area contributed by atoms with E-state index in [9.17, 15) is 0 Å². The molecule has 0 amide bonds. The van der Waals surface area contributed by atoms with Gasteiger partial charge in [-0.1, -0.05) is 13.8 Å². The molecule has 0 saturated carbocycles. The molecule has 2 heteroatoms. The van der Waals surface area contributed by atoms with E-state index in [1.807, 2.05) is 6.07 Å². The van der Waals surface area contributed by atoms with Gasteiger partial charge in [-0.25, -0.2) is 0 Å². The third-order valence-electron chi connectivity index (χ3n) is 2.54. The van der Waals surface area contributed by atoms with E-state index < -0.39 is 0 Å². The highest BCUT2D eigenvalue weighted by molar-refractivity contribution is 5.81. The molecule has 0 atom stereocenters. The maximum Gasteiger partial charge on any atom is 0.119 e. The van der Waals surface area contributed by atoms with Crippen molar-refractivity contribution >= 4 is 10.9 Å². The van der Waals surface area contributed by atoms with Crippen LogP contribution in [0.3, 0.4) is 0 Å². The zero-order chi connectivity index (χ0) is 10.8. The third-order valence-corrected chi connectivity index (χ3v) is 2.54. The molecule has 0 aliphatic carbocycles. The lowest BCUT2D eigenvalue weighted by Crippen LogP contribution is -2.02. The Bertz CT molecular complexity index is 457. The van der Waals surface area contributed by atoms with Gasteiger partial charge in [0.1, 0.15) is 5.75 Å². The van der Waals surface area contributed by atoms with Gasteiger partial charge in [0.2, 0.25) is 0 Å². The number of benzene rings is 1. The van der Waals surface area contributed by atoms with Gasteiger partial charge < -0.3 is 9.30 Å². The summed E-state index contributed by atoms with van der Waals surface area (Å²) in [5.74, 6) is 1.59. The van der Waals surface area contributed by atoms with Crippen molar-refractivity contribution in [1.29, 1.82) is 0 Å². The number of rotatable bonds is 3. The van der Waals surface area contributed by atoms with Crippen LogP contribution < -0.4 is 4.74 Å². The third kappa shape index (κ3) is 1.99. The molecule has 0 N–H and O–H groups in total. The van der Waals surface area contributed by atoms with Crippen LogP contribution in [-0.2, 0) is 6.54 Å². The summed E-state index contributed by atoms with van der Waals surface area (Å²) < 4.78 is 7.49. The first-order chi connectivity index (χ1) is 7.20. The van der Waals surface area contributed by atoms with Crippen LogP contribution in [-0.4, -0.2) is 11.7 Å². The number of hydrogen-bond donors (Lipinski definition) is 0. The molecular weight excluding hydrogens is 186 g/mol. The van der Waals surface area contributed by atoms with Crippen LogP contribution >= 0.6 is 0 Å². The molecule has 80 valence electrons. The van der Waals surface area contributed by atoms with Gasteiger partial charge in [-0.3, -0.25) is 0 Å². The number of hydrogen-bond acceptors (Lipinski definition) is 1. The number of ether oxygens (including phenoxy) is 1. The van der Waals surface area contributed by atoms with Crippen molar-refractivity contribution < 1.29 is 4.74 Å². The minimum absolute atomic E-state index is 0.669. The summed E-state index contributed by atoms with van der Waals surface area (Å²) in [4.78, 5) is 0. The average molecular weight is 203 g/mol. The highest BCUT2D eigenvalue weighted by Crippen LogP contribution is 2.22. The monoisotopic (exact) mass is 203 g/mol. The first-order valence-electron chi connectivity index (χ1n) is 5.33. The molecule has 0 aliphatic heterocycles. The summed E-state index contributed by atoms with van der Waals surface area (Å²) in [7, 11) is 1.70. The standard InChI is InChI=1S/C13H17NO/c1-10(2)9-14-7-6-11-8-12(15-3)4-5-13(11)14/h4-8,10H,9H2,1-3H3. The largest absolute Gasteiger partial charge is 0.497 e. The molecule has 2 rings (SSSR count). The zero-order valence-electron chi connectivity index (χ0n) is 9.53. The molecular formula is C13H17NO. The Morgan fingerprint density at radius 2 is 2.07 bits per heavy atom. The molecule has 0 fully saturated rings. The zero-order valence-corrected chi connectivity index (χ0v) is 9.53. The van der Waals surface area contributed by atoms with Crippen LogP contribution in [0, 0.1) is 5.92 Å². The Kier molecular flexibility index (Phi) is 2.67. The molecule has 0 unspecified atom stereocenters. The van der Waals surface area contributed by atoms with E-state index in [-0.39, 0.29) is 0 Å². The van der Waals surface area contributed by atoms with Crippen LogP contribution in [0.1, 0.15) is 13.8 Å². The van der Waals surface area contributed by atoms with Gasteiger partial charge in [0, 0.05) is 23.6 Å². The highest BCUT2D eigenvalue weighted by atomic mass is 16.5. The normalized spacial score (nSPS) is 11.2. The second-order valence-corrected chi connectivity index (χ2v) is 4.29. The van der Waals surface area contributed by atoms with E-state index in [1.54, 1.807) is 7.11 Å². The van der Waals surface area contributed by atoms with Crippen LogP contribution in [0.15, 0.2) is 30.5 Å². The fraction of sp³-hybridized carbons (Fsp3) is 0.385. The molecule has 2 nitrogen and oxygen atoms in total. The van der Waals surface area contributed by atoms with E-state index in [0.717, 1.165) is 12.3 Å². The van der Waals surface area contributed by atoms with Crippen molar-refractivity contribution in [2.45, 2.75) is 20.4 Å². The summed E-state index contributed by atoms with van der Waals surface area (Å²) in [5.41, 5.74) is 1.28. The molecule has 15 heavy (non-hydrogen) atoms. The van der Waals surface area contributed by atoms with E-state index in [2.05, 4.69) is 42.8 Å². The minimum Gasteiger partial charge on any atom is -0.497 e. The lowest BCUT2D eigenvalue weighted by Gasteiger charge is -2.08. The topological polar surface area (TPSA) is 14.2 Å². The summed E-state index contributed by atoms with van der Waals surface area (Å²) in [6.07, 6.45) is 2.14. The average Bonchev–Trinajstić information content (AvgIpc) is 2.60. The van der Waals surface area contributed by atoms with Crippen molar-refractivity contribution in [2.24, 2.45) is 5.92 Å². The fourth-order valence-corrected chi connectivity index (χ4v) is 1.86. The summed E-state index contributed by atoms with van der Waals surface area (Å²) >= 11 is 0. The Balaban J connectivity index is 2.43. The molecule has 1 aromatic carbocycles. The van der Waals surface area contributed by atoms with Gasteiger partial charge in [-0.2, -0.15) is 0 Å². The van der Waals surface area contributed by atoms with Gasteiger partial charge in [-0.05, 0) is 30.2 Å². The van der Waals surface area contributed by atoms with Crippen LogP contribution in [0.2, 0.25) is 0 Å². The second-order valence-electron chi connectivity index (χ2n) is 4.29. The molecule has 0 aliphatic rings. The lowest BCUT2D eigenvalue weighted by atomic mass is 10.2. The predicted molar refractivity (Wildman–Crippen MR) is 63.3 cm³/mol. The SMILES string of the molecule is COc1ccc2c(ccn2CC(C)C)c1. The Morgan fingerprint density at radius 3 is 2.73 bits per heavy atom. The van der Waals surface area contributed by atoms with Crippen molar-refractivity contribution in [3.63, 3.8) is 0 Å². The fourth-order valence-electron chi connectivity index (χ4n) is 1.86. The van der Waals surface area contributed by atoms with Crippen molar-refractivity contribution in [2.75, 3.05) is 7.11 Å². The van der Waals surface area contributed by atoms with Gasteiger partial charge >= 0.3 is 0 Å². The maximum atomic E-state index is 5.20. The van der Waals surface area contributed by atoms with Crippen LogP contribution in [0.4, 0.5) is 0 Å². The van der Waals surface area contributed by atoms with Gasteiger partial charge in [0.25, 0.3) is 0 Å². The Hall–Kier alpha value is -1.44. The molecule has 0 bridgehead atoms. The summed E-state index contributed by atoms with van der Waals surface area (Å²) in [6, 6.07) is 8.35. The molecule has 1 heterocycles. The summed E-state index contributed by atoms with van der Waals surface area (Å²) in [6.45, 7) is 5.53. The van der Waals surface area contributed by atoms with Crippen molar-refractivity contribution in [1.82, 2.24) is 4.57 Å². The van der Waals surface area contributed by atoms with E-state index in [4.69, 9.17) is 4.74 Å². The number of fused-ring (bicyclic) bond motifs is 1. The molecule has 2 aromatic rings. The number of methoxy groups -OCH3 is 1. The Morgan fingerprint density at radius 1 is 1.27 bits per heavy atom. The van der Waals surface area contributed by atoms with Gasteiger partial charge in [0.15, 0.2) is 0 Å². The maximum absolute atomic E-state index is 5.20. The van der Waals surface area contributed by atoms with Gasteiger partial charge in [-0.15, -0.1) is 0 Å². The molecule has 0 saturated heterocycles. The Labute approximate surface area is 90.5 Å². The minimum atomic E-state index is 0.669. The molecule has 0 spiro atoms. The van der Waals surface area contributed by atoms with E-state index >= 15 is 0 Å². The van der Waals surface area contributed by atoms with E-state index in [0.29, 0.717) is 5.92 Å². The summed E-state index contributed by atoms with van der Waals surface area (Å²) in [5, 5.41) is 1.25. The smallest absolute Gasteiger partial charge is 0.119 e. The second kappa shape index (κ2) is 3.97. The highest BCUT2D eigenvalue weighted by Gasteiger charge is 2.03. The van der Waals surface area contributed by atoms with Crippen LogP contribution in [0.5, 0.6) is 5.75 Å². The van der Waals surface area contributed by atoms with E-state index in [1.165, 1.54) is 10.9 Å². The van der Waals surface area contributed by atoms with Crippen molar-refractivity contribution in [3.05, 3.63) is 30.5 Å². The van der Waals surface area contributed by atoms with Gasteiger partial charge in [0.05, 0.1) is 7.11 Å². The first kappa shape index (κ1) is 10.1. The lowest BCUT2D eigenvalue weighted by molar-refractivity contribution is 0.415. The van der Waals surface area contributed by atoms with Crippen molar-refractivity contribution in [3.8, 4) is 5.75 Å².